The lowest BCUT2D eigenvalue weighted by Gasteiger charge is -2.32. The van der Waals surface area contributed by atoms with Crippen LogP contribution in [0.3, 0.4) is 0 Å². The molecular formula is C17H29N3. The van der Waals surface area contributed by atoms with Crippen LogP contribution in [0, 0.1) is 5.92 Å². The smallest absolute Gasteiger partial charge is 0.0547 e. The Morgan fingerprint density at radius 3 is 2.90 bits per heavy atom. The van der Waals surface area contributed by atoms with Crippen molar-refractivity contribution in [3.8, 4) is 0 Å². The highest BCUT2D eigenvalue weighted by atomic mass is 15.1. The molecule has 1 saturated heterocycles. The maximum atomic E-state index is 4.79. The summed E-state index contributed by atoms with van der Waals surface area (Å²) in [5, 5.41) is 3.43. The van der Waals surface area contributed by atoms with Crippen molar-refractivity contribution in [2.45, 2.75) is 59.2 Å². The SMILES string of the molecule is CCC1CCCN(Cc2cccc(CNC(C)C)n2)C1. The number of likely N-dealkylation sites (tertiary alicyclic amines) is 1. The molecule has 1 aromatic rings. The molecule has 3 nitrogen and oxygen atoms in total. The van der Waals surface area contributed by atoms with Crippen molar-refractivity contribution in [2.24, 2.45) is 5.92 Å². The number of nitrogens with zero attached hydrogens (tertiary/aromatic N) is 2. The van der Waals surface area contributed by atoms with Gasteiger partial charge in [0.2, 0.25) is 0 Å². The number of nitrogens with one attached hydrogen (secondary N) is 1. The number of piperidine rings is 1. The molecular weight excluding hydrogens is 246 g/mol. The molecule has 2 heterocycles. The molecule has 3 heteroatoms. The zero-order valence-electron chi connectivity index (χ0n) is 13.2. The molecule has 0 amide bonds. The molecule has 0 saturated carbocycles. The van der Waals surface area contributed by atoms with Crippen LogP contribution in [0.4, 0.5) is 0 Å². The van der Waals surface area contributed by atoms with Crippen molar-refractivity contribution in [1.82, 2.24) is 15.2 Å². The summed E-state index contributed by atoms with van der Waals surface area (Å²) in [5.41, 5.74) is 2.37. The van der Waals surface area contributed by atoms with Crippen LogP contribution in [0.2, 0.25) is 0 Å². The van der Waals surface area contributed by atoms with E-state index in [0.717, 1.165) is 24.7 Å². The molecule has 1 aromatic heterocycles. The lowest BCUT2D eigenvalue weighted by molar-refractivity contribution is 0.163. The van der Waals surface area contributed by atoms with Gasteiger partial charge < -0.3 is 5.32 Å². The summed E-state index contributed by atoms with van der Waals surface area (Å²) >= 11 is 0. The van der Waals surface area contributed by atoms with Crippen LogP contribution in [-0.2, 0) is 13.1 Å². The fourth-order valence-electron chi connectivity index (χ4n) is 2.88. The average Bonchev–Trinajstić information content (AvgIpc) is 2.46. The van der Waals surface area contributed by atoms with E-state index in [4.69, 9.17) is 4.98 Å². The van der Waals surface area contributed by atoms with Gasteiger partial charge in [-0.25, -0.2) is 0 Å². The largest absolute Gasteiger partial charge is 0.309 e. The predicted molar refractivity (Wildman–Crippen MR) is 84.5 cm³/mol. The fourth-order valence-corrected chi connectivity index (χ4v) is 2.88. The molecule has 0 spiro atoms. The summed E-state index contributed by atoms with van der Waals surface area (Å²) in [7, 11) is 0. The van der Waals surface area contributed by atoms with Crippen LogP contribution >= 0.6 is 0 Å². The van der Waals surface area contributed by atoms with E-state index in [0.29, 0.717) is 6.04 Å². The Morgan fingerprint density at radius 1 is 1.35 bits per heavy atom. The van der Waals surface area contributed by atoms with Crippen molar-refractivity contribution in [3.05, 3.63) is 29.6 Å². The van der Waals surface area contributed by atoms with E-state index in [9.17, 15) is 0 Å². The topological polar surface area (TPSA) is 28.2 Å². The van der Waals surface area contributed by atoms with E-state index >= 15 is 0 Å². The summed E-state index contributed by atoms with van der Waals surface area (Å²) in [6.07, 6.45) is 4.05. The van der Waals surface area contributed by atoms with E-state index in [1.54, 1.807) is 0 Å². The van der Waals surface area contributed by atoms with Crippen molar-refractivity contribution in [1.29, 1.82) is 0 Å². The standard InChI is InChI=1S/C17H29N3/c1-4-15-7-6-10-20(12-15)13-17-9-5-8-16(19-17)11-18-14(2)3/h5,8-9,14-15,18H,4,6-7,10-13H2,1-3H3. The van der Waals surface area contributed by atoms with Gasteiger partial charge >= 0.3 is 0 Å². The van der Waals surface area contributed by atoms with Gasteiger partial charge in [-0.15, -0.1) is 0 Å². The van der Waals surface area contributed by atoms with E-state index in [2.05, 4.69) is 49.2 Å². The van der Waals surface area contributed by atoms with E-state index in [-0.39, 0.29) is 0 Å². The fraction of sp³-hybridized carbons (Fsp3) is 0.706. The first-order valence-electron chi connectivity index (χ1n) is 8.08. The number of hydrogen-bond donors (Lipinski definition) is 1. The highest BCUT2D eigenvalue weighted by molar-refractivity contribution is 5.11. The van der Waals surface area contributed by atoms with Gasteiger partial charge in [0.25, 0.3) is 0 Å². The summed E-state index contributed by atoms with van der Waals surface area (Å²) in [6.45, 7) is 11.0. The zero-order chi connectivity index (χ0) is 14.4. The van der Waals surface area contributed by atoms with Crippen molar-refractivity contribution < 1.29 is 0 Å². The monoisotopic (exact) mass is 275 g/mol. The Bertz CT molecular complexity index is 403. The average molecular weight is 275 g/mol. The van der Waals surface area contributed by atoms with Gasteiger partial charge in [-0.05, 0) is 37.4 Å². The van der Waals surface area contributed by atoms with Gasteiger partial charge in [0.05, 0.1) is 11.4 Å². The number of hydrogen-bond acceptors (Lipinski definition) is 3. The lowest BCUT2D eigenvalue weighted by Crippen LogP contribution is -2.35. The molecule has 0 radical (unpaired) electrons. The van der Waals surface area contributed by atoms with Crippen LogP contribution in [0.1, 0.15) is 51.4 Å². The third-order valence-electron chi connectivity index (χ3n) is 4.12. The molecule has 1 N–H and O–H groups in total. The minimum absolute atomic E-state index is 0.507. The quantitative estimate of drug-likeness (QED) is 0.864. The third kappa shape index (κ3) is 4.88. The highest BCUT2D eigenvalue weighted by Crippen LogP contribution is 2.20. The summed E-state index contributed by atoms with van der Waals surface area (Å²) in [6, 6.07) is 6.92. The number of rotatable bonds is 6. The molecule has 1 unspecified atom stereocenters. The summed E-state index contributed by atoms with van der Waals surface area (Å²) in [4.78, 5) is 7.35. The minimum Gasteiger partial charge on any atom is -0.309 e. The Balaban J connectivity index is 1.90. The second kappa shape index (κ2) is 7.75. The van der Waals surface area contributed by atoms with E-state index < -0.39 is 0 Å². The lowest BCUT2D eigenvalue weighted by atomic mass is 9.95. The first-order valence-corrected chi connectivity index (χ1v) is 8.08. The van der Waals surface area contributed by atoms with Crippen LogP contribution in [0.15, 0.2) is 18.2 Å². The van der Waals surface area contributed by atoms with Crippen LogP contribution in [0.5, 0.6) is 0 Å². The number of pyridine rings is 1. The first-order chi connectivity index (χ1) is 9.67. The Morgan fingerprint density at radius 2 is 2.15 bits per heavy atom. The van der Waals surface area contributed by atoms with Crippen LogP contribution in [-0.4, -0.2) is 29.0 Å². The van der Waals surface area contributed by atoms with Crippen LogP contribution < -0.4 is 5.32 Å². The first kappa shape index (κ1) is 15.5. The molecule has 1 atom stereocenters. The molecule has 2 rings (SSSR count). The molecule has 0 aromatic carbocycles. The second-order valence-corrected chi connectivity index (χ2v) is 6.31. The summed E-state index contributed by atoms with van der Waals surface area (Å²) < 4.78 is 0. The second-order valence-electron chi connectivity index (χ2n) is 6.31. The van der Waals surface area contributed by atoms with Crippen LogP contribution in [0.25, 0.3) is 0 Å². The molecule has 1 fully saturated rings. The predicted octanol–water partition coefficient (Wildman–Crippen LogP) is 3.20. The minimum atomic E-state index is 0.507. The van der Waals surface area contributed by atoms with E-state index in [1.807, 2.05) is 0 Å². The van der Waals surface area contributed by atoms with Crippen molar-refractivity contribution in [2.75, 3.05) is 13.1 Å². The molecule has 1 aliphatic heterocycles. The Kier molecular flexibility index (Phi) is 5.99. The van der Waals surface area contributed by atoms with Gasteiger partial charge in [-0.2, -0.15) is 0 Å². The summed E-state index contributed by atoms with van der Waals surface area (Å²) in [5.74, 6) is 0.884. The Labute approximate surface area is 123 Å². The molecule has 0 bridgehead atoms. The van der Waals surface area contributed by atoms with Crippen molar-refractivity contribution >= 4 is 0 Å². The number of aromatic nitrogens is 1. The maximum absolute atomic E-state index is 4.79. The molecule has 112 valence electrons. The molecule has 1 aliphatic rings. The van der Waals surface area contributed by atoms with Gasteiger partial charge in [0.15, 0.2) is 0 Å². The van der Waals surface area contributed by atoms with Gasteiger partial charge in [0, 0.05) is 25.7 Å². The Hall–Kier alpha value is -0.930. The van der Waals surface area contributed by atoms with Gasteiger partial charge in [-0.3, -0.25) is 9.88 Å². The van der Waals surface area contributed by atoms with Gasteiger partial charge in [0.1, 0.15) is 0 Å². The maximum Gasteiger partial charge on any atom is 0.0547 e. The molecule has 0 aliphatic carbocycles. The third-order valence-corrected chi connectivity index (χ3v) is 4.12. The highest BCUT2D eigenvalue weighted by Gasteiger charge is 2.18. The van der Waals surface area contributed by atoms with Gasteiger partial charge in [-0.1, -0.05) is 33.3 Å². The normalized spacial score (nSPS) is 20.5. The zero-order valence-corrected chi connectivity index (χ0v) is 13.2. The van der Waals surface area contributed by atoms with E-state index in [1.165, 1.54) is 38.0 Å². The molecule has 20 heavy (non-hydrogen) atoms. The van der Waals surface area contributed by atoms with Crippen molar-refractivity contribution in [3.63, 3.8) is 0 Å².